The first-order valence-corrected chi connectivity index (χ1v) is 31.0. The molecule has 2 N–H and O–H groups in total. The van der Waals surface area contributed by atoms with Gasteiger partial charge in [-0.05, 0) is 109 Å². The average Bonchev–Trinajstić information content (AvgIpc) is 3.39. The highest BCUT2D eigenvalue weighted by Gasteiger charge is 2.28. The highest BCUT2D eigenvalue weighted by atomic mass is 31.2. The van der Waals surface area contributed by atoms with Crippen molar-refractivity contribution < 1.29 is 52.2 Å². The number of carbonyl (C=O) groups excluding carboxylic acids is 3. The van der Waals surface area contributed by atoms with Crippen LogP contribution in [0.4, 0.5) is 0 Å². The lowest BCUT2D eigenvalue weighted by Crippen LogP contribution is -2.30. The molecule has 0 bridgehead atoms. The summed E-state index contributed by atoms with van der Waals surface area (Å²) in [5.74, 6) is -1.49. The number of aliphatic hydroxyl groups excluding tert-OH is 1. The minimum Gasteiger partial charge on any atom is -0.462 e. The molecule has 74 heavy (non-hydrogen) atoms. The molecular weight excluding hydrogens is 952 g/mol. The minimum atomic E-state index is -4.76. The van der Waals surface area contributed by atoms with Gasteiger partial charge in [-0.25, -0.2) is 4.57 Å². The number of phosphoric acid groups is 1. The molecule has 0 aromatic heterocycles. The van der Waals surface area contributed by atoms with Crippen molar-refractivity contribution in [2.24, 2.45) is 0 Å². The molecule has 0 radical (unpaired) electrons. The van der Waals surface area contributed by atoms with Gasteiger partial charge in [-0.15, -0.1) is 0 Å². The molecule has 0 rings (SSSR count). The Bertz CT molecular complexity index is 1560. The Kier molecular flexibility index (Phi) is 53.4. The zero-order chi connectivity index (χ0) is 54.1. The summed E-state index contributed by atoms with van der Waals surface area (Å²) in [4.78, 5) is 48.6. The van der Waals surface area contributed by atoms with Gasteiger partial charge in [0.2, 0.25) is 0 Å². The summed E-state index contributed by atoms with van der Waals surface area (Å²) in [5.41, 5.74) is 0. The van der Waals surface area contributed by atoms with E-state index in [2.05, 4.69) is 106 Å². The highest BCUT2D eigenvalue weighted by Crippen LogP contribution is 2.43. The summed E-state index contributed by atoms with van der Waals surface area (Å²) in [5, 5.41) is 9.81. The molecule has 0 aromatic rings. The molecule has 0 saturated carbocycles. The normalized spacial score (nSPS) is 14.0. The number of aliphatic hydroxyl groups is 1. The molecule has 0 fully saturated rings. The second kappa shape index (κ2) is 55.9. The molecule has 0 aliphatic carbocycles. The van der Waals surface area contributed by atoms with Gasteiger partial charge in [0.25, 0.3) is 0 Å². The molecule has 0 heterocycles. The number of allylic oxidation sites excluding steroid dienone is 14. The SMILES string of the molecule is CC/C=C\C/C=C\C/C=C\CCCCCCCCCC(=O)OCC(COP(=O)(O)OCC(CO)OC(=O)CCCCCCC/C=C\CCCCCC)OC(=O)CCCCCCCCC/C=C\C/C=C\C/C=C\CC. The number of hydrogen-bond acceptors (Lipinski definition) is 10. The third kappa shape index (κ3) is 53.5. The van der Waals surface area contributed by atoms with Gasteiger partial charge in [0.1, 0.15) is 12.7 Å². The molecule has 0 saturated heterocycles. The summed E-state index contributed by atoms with van der Waals surface area (Å²) in [7, 11) is -4.76. The van der Waals surface area contributed by atoms with Crippen LogP contribution in [0.3, 0.4) is 0 Å². The van der Waals surface area contributed by atoms with E-state index in [1.807, 2.05) is 0 Å². The quantitative estimate of drug-likeness (QED) is 0.0197. The lowest BCUT2D eigenvalue weighted by molar-refractivity contribution is -0.161. The van der Waals surface area contributed by atoms with Crippen LogP contribution in [-0.2, 0) is 42.2 Å². The fraction of sp³-hybridized carbons (Fsp3) is 0.726. The van der Waals surface area contributed by atoms with Crippen LogP contribution in [0.2, 0.25) is 0 Å². The van der Waals surface area contributed by atoms with E-state index in [0.717, 1.165) is 148 Å². The maximum atomic E-state index is 12.9. The smallest absolute Gasteiger partial charge is 0.462 e. The van der Waals surface area contributed by atoms with E-state index in [0.29, 0.717) is 19.3 Å². The van der Waals surface area contributed by atoms with Crippen molar-refractivity contribution in [3.63, 3.8) is 0 Å². The van der Waals surface area contributed by atoms with E-state index in [1.165, 1.54) is 44.9 Å². The average molecular weight is 1060 g/mol. The van der Waals surface area contributed by atoms with Crippen molar-refractivity contribution in [1.82, 2.24) is 0 Å². The number of rotatable bonds is 54. The lowest BCUT2D eigenvalue weighted by Gasteiger charge is -2.21. The fourth-order valence-corrected chi connectivity index (χ4v) is 8.63. The fourth-order valence-electron chi connectivity index (χ4n) is 7.85. The Hall–Kier alpha value is -3.34. The Morgan fingerprint density at radius 2 is 0.703 bits per heavy atom. The van der Waals surface area contributed by atoms with Gasteiger partial charge in [0, 0.05) is 19.3 Å². The highest BCUT2D eigenvalue weighted by molar-refractivity contribution is 7.47. The minimum absolute atomic E-state index is 0.151. The first kappa shape index (κ1) is 70.7. The first-order chi connectivity index (χ1) is 36.2. The van der Waals surface area contributed by atoms with E-state index in [4.69, 9.17) is 23.3 Å². The van der Waals surface area contributed by atoms with Gasteiger partial charge in [-0.1, -0.05) is 209 Å². The lowest BCUT2D eigenvalue weighted by atomic mass is 10.1. The molecule has 0 amide bonds. The second-order valence-electron chi connectivity index (χ2n) is 19.4. The van der Waals surface area contributed by atoms with Gasteiger partial charge < -0.3 is 24.2 Å². The van der Waals surface area contributed by atoms with Crippen LogP contribution in [0.15, 0.2) is 85.1 Å². The van der Waals surface area contributed by atoms with Crippen molar-refractivity contribution >= 4 is 25.7 Å². The molecule has 3 atom stereocenters. The summed E-state index contributed by atoms with van der Waals surface area (Å²) in [6.45, 7) is 4.39. The zero-order valence-corrected chi connectivity index (χ0v) is 47.9. The van der Waals surface area contributed by atoms with E-state index in [9.17, 15) is 28.9 Å². The van der Waals surface area contributed by atoms with Crippen molar-refractivity contribution in [3.05, 3.63) is 85.1 Å². The molecule has 11 nitrogen and oxygen atoms in total. The summed E-state index contributed by atoms with van der Waals surface area (Å²) in [6.07, 6.45) is 63.9. The van der Waals surface area contributed by atoms with E-state index < -0.39 is 57.8 Å². The molecule has 0 aromatic carbocycles. The van der Waals surface area contributed by atoms with Gasteiger partial charge in [0.15, 0.2) is 6.10 Å². The monoisotopic (exact) mass is 1060 g/mol. The summed E-state index contributed by atoms with van der Waals surface area (Å²) in [6, 6.07) is 0. The predicted octanol–water partition coefficient (Wildman–Crippen LogP) is 17.5. The van der Waals surface area contributed by atoms with Gasteiger partial charge >= 0.3 is 25.7 Å². The van der Waals surface area contributed by atoms with Crippen LogP contribution in [0.5, 0.6) is 0 Å². The first-order valence-electron chi connectivity index (χ1n) is 29.5. The molecular formula is C62H107O11P. The number of esters is 3. The largest absolute Gasteiger partial charge is 0.472 e. The molecule has 0 aliphatic rings. The van der Waals surface area contributed by atoms with Crippen LogP contribution in [-0.4, -0.2) is 66.5 Å². The van der Waals surface area contributed by atoms with E-state index >= 15 is 0 Å². The predicted molar refractivity (Wildman–Crippen MR) is 307 cm³/mol. The standard InChI is InChI=1S/C62H107O11P/c1-4-7-10-13-16-19-22-25-27-29-31-34-36-39-42-45-48-51-60(64)69-55-59(73-62(66)53-50-47-44-41-38-35-32-30-28-26-23-20-17-14-11-8-5-2)57-71-74(67,68)70-56-58(54-63)72-61(65)52-49-46-43-40-37-33-24-21-18-15-12-9-6-3/h7-8,10-11,16-17,19-21,24-28,58-59,63H,4-6,9,12-15,18,22-23,29-57H2,1-3H3,(H,67,68)/b10-7-,11-8-,19-16-,20-17-,24-21-,27-25-,28-26-. The molecule has 3 unspecified atom stereocenters. The van der Waals surface area contributed by atoms with Crippen molar-refractivity contribution in [3.8, 4) is 0 Å². The third-order valence-corrected chi connectivity index (χ3v) is 13.2. The number of unbranched alkanes of at least 4 members (excludes halogenated alkanes) is 23. The number of carbonyl (C=O) groups is 3. The van der Waals surface area contributed by atoms with Gasteiger partial charge in [-0.3, -0.25) is 23.4 Å². The Morgan fingerprint density at radius 3 is 1.09 bits per heavy atom. The third-order valence-electron chi connectivity index (χ3n) is 12.3. The number of phosphoric ester groups is 1. The number of hydrogen-bond donors (Lipinski definition) is 2. The van der Waals surface area contributed by atoms with Crippen LogP contribution < -0.4 is 0 Å². The van der Waals surface area contributed by atoms with E-state index in [-0.39, 0.29) is 25.9 Å². The van der Waals surface area contributed by atoms with Crippen LogP contribution in [0.1, 0.15) is 252 Å². The zero-order valence-electron chi connectivity index (χ0n) is 47.0. The van der Waals surface area contributed by atoms with E-state index in [1.54, 1.807) is 0 Å². The van der Waals surface area contributed by atoms with Crippen molar-refractivity contribution in [2.75, 3.05) is 26.4 Å². The topological polar surface area (TPSA) is 155 Å². The Balaban J connectivity index is 4.76. The van der Waals surface area contributed by atoms with Crippen LogP contribution in [0.25, 0.3) is 0 Å². The summed E-state index contributed by atoms with van der Waals surface area (Å²) >= 11 is 0. The maximum Gasteiger partial charge on any atom is 0.472 e. The Labute approximate surface area is 451 Å². The van der Waals surface area contributed by atoms with Crippen molar-refractivity contribution in [2.45, 2.75) is 264 Å². The van der Waals surface area contributed by atoms with Gasteiger partial charge in [0.05, 0.1) is 19.8 Å². The maximum absolute atomic E-state index is 12.9. The number of ether oxygens (including phenoxy) is 3. The second-order valence-corrected chi connectivity index (χ2v) is 20.8. The van der Waals surface area contributed by atoms with Crippen molar-refractivity contribution in [1.29, 1.82) is 0 Å². The molecule has 426 valence electrons. The Morgan fingerprint density at radius 1 is 0.392 bits per heavy atom. The molecule has 0 spiro atoms. The van der Waals surface area contributed by atoms with Crippen LogP contribution in [0, 0.1) is 0 Å². The molecule has 12 heteroatoms. The molecule has 0 aliphatic heterocycles. The summed E-state index contributed by atoms with van der Waals surface area (Å²) < 4.78 is 39.5. The van der Waals surface area contributed by atoms with Gasteiger partial charge in [-0.2, -0.15) is 0 Å². The van der Waals surface area contributed by atoms with Crippen LogP contribution >= 0.6 is 7.82 Å².